The first-order chi connectivity index (χ1) is 14.3. The predicted octanol–water partition coefficient (Wildman–Crippen LogP) is 4.53. The summed E-state index contributed by atoms with van der Waals surface area (Å²) in [6.45, 7) is 15.7. The molecule has 5 nitrogen and oxygen atoms in total. The lowest BCUT2D eigenvalue weighted by Gasteiger charge is -2.43. The van der Waals surface area contributed by atoms with Crippen molar-refractivity contribution in [2.45, 2.75) is 77.8 Å². The first kappa shape index (κ1) is 24.8. The minimum atomic E-state index is -0.866. The summed E-state index contributed by atoms with van der Waals surface area (Å²) in [7, 11) is 2.29. The second kappa shape index (κ2) is 12.4. The Morgan fingerprint density at radius 2 is 1.90 bits per heavy atom. The van der Waals surface area contributed by atoms with Gasteiger partial charge in [-0.15, -0.1) is 0 Å². The van der Waals surface area contributed by atoms with E-state index in [-0.39, 0.29) is 0 Å². The van der Waals surface area contributed by atoms with E-state index in [0.29, 0.717) is 11.6 Å². The topological polar surface area (TPSA) is 47.0 Å². The molecule has 0 aliphatic carbocycles. The number of nitrogens with zero attached hydrogens (tertiary/aromatic N) is 3. The molecule has 2 unspecified atom stereocenters. The molecule has 2 aliphatic rings. The highest BCUT2D eigenvalue weighted by Gasteiger charge is 2.29. The summed E-state index contributed by atoms with van der Waals surface area (Å²) < 4.78 is 0. The SMILES string of the molecule is C=C(C)/C(=C\C=C(/C)C(=O)O)CCN1CCCC(N2CCC(CCC)N(C)C2)CC1. The molecule has 0 amide bonds. The van der Waals surface area contributed by atoms with E-state index in [1.807, 2.05) is 13.0 Å². The summed E-state index contributed by atoms with van der Waals surface area (Å²) in [6, 6.07) is 1.47. The summed E-state index contributed by atoms with van der Waals surface area (Å²) in [5, 5.41) is 9.05. The molecule has 0 radical (unpaired) electrons. The molecule has 0 aromatic carbocycles. The fraction of sp³-hybridized carbons (Fsp3) is 0.720. The summed E-state index contributed by atoms with van der Waals surface area (Å²) in [6.07, 6.45) is 12.3. The number of likely N-dealkylation sites (tertiary alicyclic amines) is 1. The van der Waals surface area contributed by atoms with Crippen LogP contribution in [-0.4, -0.2) is 77.8 Å². The molecule has 2 saturated heterocycles. The Morgan fingerprint density at radius 3 is 2.53 bits per heavy atom. The number of carboxylic acids is 1. The fourth-order valence-electron chi connectivity index (χ4n) is 4.75. The van der Waals surface area contributed by atoms with Crippen molar-refractivity contribution in [3.8, 4) is 0 Å². The first-order valence-corrected chi connectivity index (χ1v) is 11.7. The summed E-state index contributed by atoms with van der Waals surface area (Å²) >= 11 is 0. The third-order valence-corrected chi connectivity index (χ3v) is 6.82. The van der Waals surface area contributed by atoms with Crippen molar-refractivity contribution in [2.75, 3.05) is 39.9 Å². The van der Waals surface area contributed by atoms with Gasteiger partial charge >= 0.3 is 5.97 Å². The van der Waals surface area contributed by atoms with Crippen LogP contribution in [-0.2, 0) is 4.79 Å². The maximum Gasteiger partial charge on any atom is 0.331 e. The van der Waals surface area contributed by atoms with Crippen LogP contribution in [0.1, 0.15) is 65.7 Å². The molecule has 0 aromatic rings. The molecule has 5 heteroatoms. The minimum Gasteiger partial charge on any atom is -0.478 e. The molecule has 2 fully saturated rings. The average molecular weight is 418 g/mol. The highest BCUT2D eigenvalue weighted by molar-refractivity contribution is 5.86. The highest BCUT2D eigenvalue weighted by atomic mass is 16.4. The van der Waals surface area contributed by atoms with Crippen molar-refractivity contribution in [3.63, 3.8) is 0 Å². The Kier molecular flexibility index (Phi) is 10.3. The van der Waals surface area contributed by atoms with E-state index < -0.39 is 5.97 Å². The van der Waals surface area contributed by atoms with Crippen LogP contribution in [0.25, 0.3) is 0 Å². The van der Waals surface area contributed by atoms with Crippen LogP contribution < -0.4 is 0 Å². The standard InChI is InChI=1S/C25H43N3O2/c1-6-8-23-14-18-28(19-26(23)5)24-9-7-15-27(17-13-24)16-12-22(20(2)3)11-10-21(4)25(29)30/h10-11,23-24H,2,6-9,12-19H2,1,3-5H3,(H,29,30)/b21-10+,22-11-. The van der Waals surface area contributed by atoms with E-state index in [9.17, 15) is 4.79 Å². The van der Waals surface area contributed by atoms with Crippen LogP contribution in [0.2, 0.25) is 0 Å². The molecular weight excluding hydrogens is 374 g/mol. The van der Waals surface area contributed by atoms with Gasteiger partial charge in [-0.05, 0) is 78.1 Å². The van der Waals surface area contributed by atoms with Crippen molar-refractivity contribution in [2.24, 2.45) is 0 Å². The number of carbonyl (C=O) groups is 1. The van der Waals surface area contributed by atoms with Gasteiger partial charge in [-0.1, -0.05) is 37.6 Å². The van der Waals surface area contributed by atoms with E-state index in [2.05, 4.69) is 35.3 Å². The summed E-state index contributed by atoms with van der Waals surface area (Å²) in [5.41, 5.74) is 2.53. The van der Waals surface area contributed by atoms with Gasteiger partial charge in [0.2, 0.25) is 0 Å². The Morgan fingerprint density at radius 1 is 1.13 bits per heavy atom. The lowest BCUT2D eigenvalue weighted by molar-refractivity contribution is -0.132. The molecule has 0 bridgehead atoms. The molecule has 0 saturated carbocycles. The normalized spacial score (nSPS) is 25.9. The van der Waals surface area contributed by atoms with Crippen molar-refractivity contribution < 1.29 is 9.90 Å². The largest absolute Gasteiger partial charge is 0.478 e. The maximum atomic E-state index is 11.0. The number of rotatable bonds is 9. The Hall–Kier alpha value is -1.43. The second-order valence-corrected chi connectivity index (χ2v) is 9.25. The lowest BCUT2D eigenvalue weighted by Crippen LogP contribution is -2.52. The molecular formula is C25H43N3O2. The third-order valence-electron chi connectivity index (χ3n) is 6.82. The Balaban J connectivity index is 1.85. The lowest BCUT2D eigenvalue weighted by atomic mass is 10.0. The average Bonchev–Trinajstić information content (AvgIpc) is 2.94. The van der Waals surface area contributed by atoms with Gasteiger partial charge in [-0.3, -0.25) is 9.80 Å². The van der Waals surface area contributed by atoms with E-state index in [4.69, 9.17) is 5.11 Å². The number of hydrogen-bond donors (Lipinski definition) is 1. The smallest absolute Gasteiger partial charge is 0.331 e. The zero-order chi connectivity index (χ0) is 22.1. The molecule has 30 heavy (non-hydrogen) atoms. The van der Waals surface area contributed by atoms with Crippen molar-refractivity contribution in [1.29, 1.82) is 0 Å². The van der Waals surface area contributed by atoms with Crippen LogP contribution in [0.3, 0.4) is 0 Å². The third kappa shape index (κ3) is 7.68. The van der Waals surface area contributed by atoms with Gasteiger partial charge in [-0.25, -0.2) is 4.79 Å². The summed E-state index contributed by atoms with van der Waals surface area (Å²) in [5.74, 6) is -0.866. The Labute approximate surface area is 184 Å². The molecule has 2 rings (SSSR count). The zero-order valence-electron chi connectivity index (χ0n) is 19.7. The van der Waals surface area contributed by atoms with Crippen molar-refractivity contribution in [3.05, 3.63) is 35.5 Å². The van der Waals surface area contributed by atoms with E-state index in [1.54, 1.807) is 13.0 Å². The van der Waals surface area contributed by atoms with Crippen molar-refractivity contribution in [1.82, 2.24) is 14.7 Å². The van der Waals surface area contributed by atoms with Crippen LogP contribution in [0.4, 0.5) is 0 Å². The van der Waals surface area contributed by atoms with Gasteiger partial charge in [0.05, 0.1) is 6.67 Å². The highest BCUT2D eigenvalue weighted by Crippen LogP contribution is 2.24. The van der Waals surface area contributed by atoms with Gasteiger partial charge in [0.1, 0.15) is 0 Å². The number of carboxylic acid groups (broad SMARTS) is 1. The second-order valence-electron chi connectivity index (χ2n) is 9.25. The number of aliphatic carboxylic acids is 1. The monoisotopic (exact) mass is 417 g/mol. The van der Waals surface area contributed by atoms with Crippen molar-refractivity contribution >= 4 is 5.97 Å². The van der Waals surface area contributed by atoms with Crippen LogP contribution in [0, 0.1) is 0 Å². The fourth-order valence-corrected chi connectivity index (χ4v) is 4.75. The van der Waals surface area contributed by atoms with Gasteiger partial charge in [-0.2, -0.15) is 0 Å². The quantitative estimate of drug-likeness (QED) is 0.441. The predicted molar refractivity (Wildman–Crippen MR) is 126 cm³/mol. The Bertz CT molecular complexity index is 640. The van der Waals surface area contributed by atoms with Gasteiger partial charge < -0.3 is 10.0 Å². The molecule has 2 heterocycles. The zero-order valence-corrected chi connectivity index (χ0v) is 19.7. The van der Waals surface area contributed by atoms with Gasteiger partial charge in [0.25, 0.3) is 0 Å². The van der Waals surface area contributed by atoms with E-state index in [1.165, 1.54) is 45.1 Å². The molecule has 0 spiro atoms. The minimum absolute atomic E-state index is 0.360. The van der Waals surface area contributed by atoms with Crippen LogP contribution in [0.15, 0.2) is 35.5 Å². The van der Waals surface area contributed by atoms with Gasteiger partial charge in [0, 0.05) is 30.7 Å². The molecule has 1 N–H and O–H groups in total. The number of allylic oxidation sites excluding steroid dienone is 3. The van der Waals surface area contributed by atoms with Gasteiger partial charge in [0.15, 0.2) is 0 Å². The van der Waals surface area contributed by atoms with E-state index in [0.717, 1.165) is 49.9 Å². The van der Waals surface area contributed by atoms with Crippen LogP contribution >= 0.6 is 0 Å². The molecule has 2 atom stereocenters. The summed E-state index contributed by atoms with van der Waals surface area (Å²) in [4.78, 5) is 18.9. The van der Waals surface area contributed by atoms with Crippen LogP contribution in [0.5, 0.6) is 0 Å². The maximum absolute atomic E-state index is 11.0. The molecule has 0 aromatic heterocycles. The first-order valence-electron chi connectivity index (χ1n) is 11.7. The van der Waals surface area contributed by atoms with E-state index >= 15 is 0 Å². The molecule has 170 valence electrons. The molecule has 2 aliphatic heterocycles. The number of hydrogen-bond acceptors (Lipinski definition) is 4.